The second-order valence-electron chi connectivity index (χ2n) is 8.98. The molecule has 0 saturated heterocycles. The molecule has 5 rings (SSSR count). The summed E-state index contributed by atoms with van der Waals surface area (Å²) in [5, 5.41) is 11.3. The summed E-state index contributed by atoms with van der Waals surface area (Å²) in [4.78, 5) is 31.2. The molecule has 3 aromatic rings. The lowest BCUT2D eigenvalue weighted by Gasteiger charge is -2.34. The van der Waals surface area contributed by atoms with Crippen LogP contribution in [0.5, 0.6) is 0 Å². The van der Waals surface area contributed by atoms with Gasteiger partial charge in [0.15, 0.2) is 5.78 Å². The van der Waals surface area contributed by atoms with Crippen molar-refractivity contribution in [2.24, 2.45) is 0 Å². The van der Waals surface area contributed by atoms with E-state index in [0.717, 1.165) is 29.8 Å². The van der Waals surface area contributed by atoms with Crippen LogP contribution in [0.1, 0.15) is 48.9 Å². The Morgan fingerprint density at radius 3 is 2.60 bits per heavy atom. The molecule has 1 aliphatic carbocycles. The van der Waals surface area contributed by atoms with Gasteiger partial charge >= 0.3 is 0 Å². The number of hydrogen-bond donors (Lipinski definition) is 2. The summed E-state index contributed by atoms with van der Waals surface area (Å²) in [6.45, 7) is 5.66. The molecular formula is C27H26ClN5O2. The number of aromatic nitrogens is 3. The van der Waals surface area contributed by atoms with E-state index >= 15 is 0 Å². The number of nitrogens with zero attached hydrogens (tertiary/aromatic N) is 3. The van der Waals surface area contributed by atoms with Gasteiger partial charge in [-0.25, -0.2) is 9.67 Å². The minimum absolute atomic E-state index is 0.0259. The van der Waals surface area contributed by atoms with Crippen LogP contribution in [-0.2, 0) is 9.59 Å². The lowest BCUT2D eigenvalue weighted by atomic mass is 9.75. The van der Waals surface area contributed by atoms with Crippen molar-refractivity contribution in [2.75, 3.05) is 5.32 Å². The number of benzene rings is 1. The van der Waals surface area contributed by atoms with Crippen LogP contribution in [0.3, 0.4) is 0 Å². The normalized spacial score (nSPS) is 17.8. The first-order chi connectivity index (χ1) is 16.8. The molecule has 1 aliphatic heterocycles. The number of halogens is 1. The van der Waals surface area contributed by atoms with Gasteiger partial charge in [0.25, 0.3) is 5.91 Å². The fourth-order valence-corrected chi connectivity index (χ4v) is 5.26. The fraction of sp³-hybridized carbons (Fsp3) is 0.259. The summed E-state index contributed by atoms with van der Waals surface area (Å²) in [6.07, 6.45) is 3.65. The molecule has 0 bridgehead atoms. The molecule has 0 unspecified atom stereocenters. The van der Waals surface area contributed by atoms with E-state index < -0.39 is 5.92 Å². The highest BCUT2D eigenvalue weighted by Crippen LogP contribution is 2.46. The molecule has 0 radical (unpaired) electrons. The molecule has 3 heterocycles. The minimum Gasteiger partial charge on any atom is -0.362 e. The number of nitrogens with one attached hydrogen (secondary N) is 2. The fourth-order valence-electron chi connectivity index (χ4n) is 4.88. The summed E-state index contributed by atoms with van der Waals surface area (Å²) < 4.78 is 1.66. The molecule has 1 amide bonds. The third-order valence-electron chi connectivity index (χ3n) is 6.51. The molecule has 0 saturated carbocycles. The van der Waals surface area contributed by atoms with Crippen LogP contribution in [0.15, 0.2) is 71.2 Å². The first kappa shape index (κ1) is 23.1. The maximum atomic E-state index is 13.7. The molecule has 8 heteroatoms. The van der Waals surface area contributed by atoms with Crippen molar-refractivity contribution in [3.05, 3.63) is 93.2 Å². The number of allylic oxidation sites excluding steroid dienone is 3. The number of carbonyl (C=O) groups is 2. The van der Waals surface area contributed by atoms with Gasteiger partial charge in [-0.2, -0.15) is 5.10 Å². The summed E-state index contributed by atoms with van der Waals surface area (Å²) in [7, 11) is 0. The highest BCUT2D eigenvalue weighted by atomic mass is 35.5. The van der Waals surface area contributed by atoms with E-state index in [9.17, 15) is 9.59 Å². The van der Waals surface area contributed by atoms with Crippen molar-refractivity contribution < 1.29 is 9.59 Å². The van der Waals surface area contributed by atoms with Crippen molar-refractivity contribution in [3.63, 3.8) is 0 Å². The van der Waals surface area contributed by atoms with Gasteiger partial charge in [-0.15, -0.1) is 0 Å². The lowest BCUT2D eigenvalue weighted by molar-refractivity contribution is -0.116. The molecule has 2 N–H and O–H groups in total. The van der Waals surface area contributed by atoms with E-state index in [4.69, 9.17) is 16.7 Å². The van der Waals surface area contributed by atoms with Crippen molar-refractivity contribution in [1.82, 2.24) is 20.1 Å². The van der Waals surface area contributed by atoms with Crippen LogP contribution < -0.4 is 10.6 Å². The van der Waals surface area contributed by atoms with Crippen molar-refractivity contribution in [3.8, 4) is 5.69 Å². The van der Waals surface area contributed by atoms with E-state index in [2.05, 4.69) is 15.6 Å². The Labute approximate surface area is 208 Å². The second-order valence-corrected chi connectivity index (χ2v) is 9.34. The highest BCUT2D eigenvalue weighted by Gasteiger charge is 2.41. The third-order valence-corrected chi connectivity index (χ3v) is 6.87. The van der Waals surface area contributed by atoms with Gasteiger partial charge in [-0.3, -0.25) is 9.59 Å². The van der Waals surface area contributed by atoms with Gasteiger partial charge < -0.3 is 10.6 Å². The number of Topliss-reactive ketones (excluding diaryl/α,β-unsaturated/α-hetero) is 1. The van der Waals surface area contributed by atoms with Crippen LogP contribution in [0.2, 0.25) is 5.15 Å². The topological polar surface area (TPSA) is 88.9 Å². The van der Waals surface area contributed by atoms with Crippen LogP contribution in [0.4, 0.5) is 5.82 Å². The SMILES string of the molecule is CC1=C(C(=O)Nc2ccc(C)cn2)[C@@H](c2c(C)nn(-c3ccccc3)c2Cl)C2=C(CCCC2=O)N1. The number of anilines is 1. The third kappa shape index (κ3) is 4.17. The summed E-state index contributed by atoms with van der Waals surface area (Å²) in [6, 6.07) is 13.2. The average Bonchev–Trinajstić information content (AvgIpc) is 3.13. The summed E-state index contributed by atoms with van der Waals surface area (Å²) in [5.41, 5.74) is 5.73. The van der Waals surface area contributed by atoms with Crippen LogP contribution >= 0.6 is 11.6 Å². The Balaban J connectivity index is 1.65. The highest BCUT2D eigenvalue weighted by molar-refractivity contribution is 6.31. The van der Waals surface area contributed by atoms with E-state index in [1.807, 2.05) is 57.2 Å². The number of para-hydroxylation sites is 1. The molecule has 7 nitrogen and oxygen atoms in total. The molecule has 2 aliphatic rings. The number of carbonyl (C=O) groups excluding carboxylic acids is 2. The van der Waals surface area contributed by atoms with Gasteiger partial charge in [-0.1, -0.05) is 35.9 Å². The number of ketones is 1. The minimum atomic E-state index is -0.630. The van der Waals surface area contributed by atoms with Gasteiger partial charge in [0, 0.05) is 40.7 Å². The van der Waals surface area contributed by atoms with Crippen molar-refractivity contribution >= 4 is 29.1 Å². The molecule has 1 atom stereocenters. The Morgan fingerprint density at radius 1 is 1.11 bits per heavy atom. The van der Waals surface area contributed by atoms with Crippen LogP contribution in [-0.4, -0.2) is 26.5 Å². The van der Waals surface area contributed by atoms with E-state index in [0.29, 0.717) is 45.5 Å². The predicted octanol–water partition coefficient (Wildman–Crippen LogP) is 5.14. The summed E-state index contributed by atoms with van der Waals surface area (Å²) >= 11 is 6.95. The average molecular weight is 488 g/mol. The van der Waals surface area contributed by atoms with Gasteiger partial charge in [0.1, 0.15) is 11.0 Å². The largest absolute Gasteiger partial charge is 0.362 e. The molecule has 0 spiro atoms. The van der Waals surface area contributed by atoms with E-state index in [1.165, 1.54) is 0 Å². The van der Waals surface area contributed by atoms with Gasteiger partial charge in [-0.05, 0) is 57.4 Å². The van der Waals surface area contributed by atoms with Gasteiger partial charge in [0.05, 0.1) is 17.3 Å². The zero-order valence-corrected chi connectivity index (χ0v) is 20.6. The maximum absolute atomic E-state index is 13.7. The number of pyridine rings is 1. The number of rotatable bonds is 4. The zero-order chi connectivity index (χ0) is 24.7. The lowest BCUT2D eigenvalue weighted by Crippen LogP contribution is -2.35. The second kappa shape index (κ2) is 9.15. The van der Waals surface area contributed by atoms with E-state index in [1.54, 1.807) is 16.9 Å². The quantitative estimate of drug-likeness (QED) is 0.531. The van der Waals surface area contributed by atoms with E-state index in [-0.39, 0.29) is 11.7 Å². The molecule has 35 heavy (non-hydrogen) atoms. The molecule has 2 aromatic heterocycles. The smallest absolute Gasteiger partial charge is 0.255 e. The standard InChI is InChI=1S/C27H26ClN5O2/c1-15-12-13-21(29-14-15)31-27(35)23-16(2)30-19-10-7-11-20(34)24(19)25(23)22-17(3)32-33(26(22)28)18-8-5-4-6-9-18/h4-6,8-9,12-14,25,30H,7,10-11H2,1-3H3,(H,29,31,35)/t25-/m1/s1. The number of hydrogen-bond acceptors (Lipinski definition) is 5. The van der Waals surface area contributed by atoms with Crippen LogP contribution in [0, 0.1) is 13.8 Å². The van der Waals surface area contributed by atoms with Crippen molar-refractivity contribution in [2.45, 2.75) is 46.0 Å². The predicted molar refractivity (Wildman–Crippen MR) is 135 cm³/mol. The molecular weight excluding hydrogens is 462 g/mol. The Morgan fingerprint density at radius 2 is 1.89 bits per heavy atom. The van der Waals surface area contributed by atoms with Crippen molar-refractivity contribution in [1.29, 1.82) is 0 Å². The number of aryl methyl sites for hydroxylation is 2. The number of amides is 1. The molecule has 0 fully saturated rings. The Bertz CT molecular complexity index is 1390. The first-order valence-electron chi connectivity index (χ1n) is 11.6. The van der Waals surface area contributed by atoms with Gasteiger partial charge in [0.2, 0.25) is 0 Å². The zero-order valence-electron chi connectivity index (χ0n) is 19.9. The Hall–Kier alpha value is -3.71. The molecule has 1 aromatic carbocycles. The first-order valence-corrected chi connectivity index (χ1v) is 12.0. The number of dihydropyridines is 1. The maximum Gasteiger partial charge on any atom is 0.255 e. The summed E-state index contributed by atoms with van der Waals surface area (Å²) in [5.74, 6) is -0.492. The Kier molecular flexibility index (Phi) is 6.03. The van der Waals surface area contributed by atoms with Crippen LogP contribution in [0.25, 0.3) is 5.69 Å². The monoisotopic (exact) mass is 487 g/mol. The molecule has 178 valence electrons.